The van der Waals surface area contributed by atoms with Crippen LogP contribution in [0.5, 0.6) is 0 Å². The van der Waals surface area contributed by atoms with Crippen molar-refractivity contribution in [2.75, 3.05) is 11.9 Å². The molecule has 2 rings (SSSR count). The fraction of sp³-hybridized carbons (Fsp3) is 0.588. The van der Waals surface area contributed by atoms with E-state index in [1.54, 1.807) is 0 Å². The Labute approximate surface area is 135 Å². The number of esters is 1. The molecule has 1 fully saturated rings. The Morgan fingerprint density at radius 2 is 1.86 bits per heavy atom. The summed E-state index contributed by atoms with van der Waals surface area (Å²) in [5.41, 5.74) is 0.645. The third-order valence-corrected chi connectivity index (χ3v) is 5.06. The number of para-hydroxylation sites is 1. The van der Waals surface area contributed by atoms with Crippen LogP contribution in [0.15, 0.2) is 28.7 Å². The van der Waals surface area contributed by atoms with E-state index in [0.29, 0.717) is 12.0 Å². The lowest BCUT2D eigenvalue weighted by Gasteiger charge is -2.42. The topological polar surface area (TPSA) is 38.3 Å². The summed E-state index contributed by atoms with van der Waals surface area (Å²) in [5, 5.41) is 3.46. The van der Waals surface area contributed by atoms with E-state index >= 15 is 0 Å². The fourth-order valence-electron chi connectivity index (χ4n) is 2.82. The predicted octanol–water partition coefficient (Wildman–Crippen LogP) is 4.76. The Morgan fingerprint density at radius 1 is 1.24 bits per heavy atom. The number of benzene rings is 1. The number of nitrogens with one attached hydrogen (secondary N) is 1. The van der Waals surface area contributed by atoms with Gasteiger partial charge in [-0.3, -0.25) is 0 Å². The summed E-state index contributed by atoms with van der Waals surface area (Å²) in [6.45, 7) is 6.80. The van der Waals surface area contributed by atoms with Crippen LogP contribution in [0.25, 0.3) is 0 Å². The number of carbonyl (C=O) groups is 1. The molecule has 1 aromatic rings. The zero-order chi connectivity index (χ0) is 15.5. The minimum atomic E-state index is -0.602. The van der Waals surface area contributed by atoms with Gasteiger partial charge in [-0.05, 0) is 66.1 Å². The number of anilines is 1. The van der Waals surface area contributed by atoms with E-state index in [9.17, 15) is 4.79 Å². The second-order valence-corrected chi connectivity index (χ2v) is 7.43. The summed E-state index contributed by atoms with van der Waals surface area (Å²) in [6, 6.07) is 7.91. The molecule has 0 atom stereocenters. The largest absolute Gasteiger partial charge is 0.464 e. The third kappa shape index (κ3) is 3.79. The van der Waals surface area contributed by atoms with Gasteiger partial charge in [-0.2, -0.15) is 0 Å². The number of rotatable bonds is 4. The third-order valence-electron chi connectivity index (χ3n) is 4.37. The highest BCUT2D eigenvalue weighted by molar-refractivity contribution is 9.10. The first-order chi connectivity index (χ1) is 9.88. The summed E-state index contributed by atoms with van der Waals surface area (Å²) in [5.74, 6) is -0.128. The highest BCUT2D eigenvalue weighted by Crippen LogP contribution is 2.43. The standard InChI is InChI=1S/C17H24BrNO2/c1-4-21-15(20)17(11-9-16(2,3)10-12-17)19-14-8-6-5-7-13(14)18/h5-8,19H,4,9-12H2,1-3H3. The van der Waals surface area contributed by atoms with E-state index in [1.807, 2.05) is 31.2 Å². The lowest BCUT2D eigenvalue weighted by Crippen LogP contribution is -2.51. The molecule has 0 spiro atoms. The maximum Gasteiger partial charge on any atom is 0.331 e. The van der Waals surface area contributed by atoms with Gasteiger partial charge in [-0.1, -0.05) is 26.0 Å². The van der Waals surface area contributed by atoms with Crippen molar-refractivity contribution in [2.45, 2.75) is 52.0 Å². The summed E-state index contributed by atoms with van der Waals surface area (Å²) < 4.78 is 6.32. The quantitative estimate of drug-likeness (QED) is 0.792. The Bertz CT molecular complexity index is 503. The van der Waals surface area contributed by atoms with Gasteiger partial charge in [0.05, 0.1) is 6.61 Å². The molecule has 116 valence electrons. The Morgan fingerprint density at radius 3 is 2.43 bits per heavy atom. The summed E-state index contributed by atoms with van der Waals surface area (Å²) in [6.07, 6.45) is 3.65. The van der Waals surface area contributed by atoms with E-state index < -0.39 is 5.54 Å². The summed E-state index contributed by atoms with van der Waals surface area (Å²) in [4.78, 5) is 12.5. The number of halogens is 1. The van der Waals surface area contributed by atoms with E-state index in [4.69, 9.17) is 4.74 Å². The van der Waals surface area contributed by atoms with Crippen molar-refractivity contribution >= 4 is 27.6 Å². The molecule has 3 nitrogen and oxygen atoms in total. The smallest absolute Gasteiger partial charge is 0.331 e. The summed E-state index contributed by atoms with van der Waals surface area (Å²) >= 11 is 3.54. The molecule has 0 unspecified atom stereocenters. The molecule has 1 aliphatic carbocycles. The lowest BCUT2D eigenvalue weighted by molar-refractivity contribution is -0.150. The van der Waals surface area contributed by atoms with E-state index in [2.05, 4.69) is 35.1 Å². The number of hydrogen-bond donors (Lipinski definition) is 1. The zero-order valence-electron chi connectivity index (χ0n) is 13.0. The van der Waals surface area contributed by atoms with Gasteiger partial charge in [0.25, 0.3) is 0 Å². The average molecular weight is 354 g/mol. The van der Waals surface area contributed by atoms with Gasteiger partial charge in [0.2, 0.25) is 0 Å². The molecular weight excluding hydrogens is 330 g/mol. The van der Waals surface area contributed by atoms with Crippen LogP contribution in [-0.4, -0.2) is 18.1 Å². The second-order valence-electron chi connectivity index (χ2n) is 6.57. The fourth-order valence-corrected chi connectivity index (χ4v) is 3.21. The first-order valence-electron chi connectivity index (χ1n) is 7.58. The SMILES string of the molecule is CCOC(=O)C1(Nc2ccccc2Br)CCC(C)(C)CC1. The molecule has 1 saturated carbocycles. The molecule has 1 aromatic carbocycles. The van der Waals surface area contributed by atoms with E-state index in [1.165, 1.54) is 0 Å². The Kier molecular flexibility index (Phi) is 4.97. The molecule has 1 aliphatic rings. The Balaban J connectivity index is 2.25. The van der Waals surface area contributed by atoms with Crippen molar-refractivity contribution < 1.29 is 9.53 Å². The normalized spacial score (nSPS) is 19.8. The molecule has 0 aliphatic heterocycles. The number of carbonyl (C=O) groups excluding carboxylic acids is 1. The van der Waals surface area contributed by atoms with Gasteiger partial charge in [0, 0.05) is 10.2 Å². The minimum absolute atomic E-state index is 0.128. The maximum atomic E-state index is 12.5. The van der Waals surface area contributed by atoms with Crippen LogP contribution in [-0.2, 0) is 9.53 Å². The number of hydrogen-bond acceptors (Lipinski definition) is 3. The average Bonchev–Trinajstić information content (AvgIpc) is 2.44. The molecule has 0 aromatic heterocycles. The molecule has 0 radical (unpaired) electrons. The van der Waals surface area contributed by atoms with Crippen LogP contribution in [0, 0.1) is 5.41 Å². The van der Waals surface area contributed by atoms with Gasteiger partial charge in [-0.15, -0.1) is 0 Å². The van der Waals surface area contributed by atoms with Crippen molar-refractivity contribution in [1.29, 1.82) is 0 Å². The van der Waals surface area contributed by atoms with Crippen LogP contribution in [0.1, 0.15) is 46.5 Å². The molecule has 4 heteroatoms. The highest BCUT2D eigenvalue weighted by Gasteiger charge is 2.45. The van der Waals surface area contributed by atoms with E-state index in [-0.39, 0.29) is 5.97 Å². The van der Waals surface area contributed by atoms with Crippen LogP contribution >= 0.6 is 15.9 Å². The van der Waals surface area contributed by atoms with Crippen molar-refractivity contribution in [1.82, 2.24) is 0 Å². The van der Waals surface area contributed by atoms with Crippen LogP contribution in [0.4, 0.5) is 5.69 Å². The molecule has 0 amide bonds. The summed E-state index contributed by atoms with van der Waals surface area (Å²) in [7, 11) is 0. The van der Waals surface area contributed by atoms with Crippen LogP contribution in [0.3, 0.4) is 0 Å². The molecule has 0 saturated heterocycles. The molecule has 21 heavy (non-hydrogen) atoms. The lowest BCUT2D eigenvalue weighted by atomic mass is 9.69. The molecule has 0 bridgehead atoms. The van der Waals surface area contributed by atoms with Gasteiger partial charge in [0.1, 0.15) is 5.54 Å². The monoisotopic (exact) mass is 353 g/mol. The number of ether oxygens (including phenoxy) is 1. The van der Waals surface area contributed by atoms with Gasteiger partial charge < -0.3 is 10.1 Å². The van der Waals surface area contributed by atoms with Crippen LogP contribution in [0.2, 0.25) is 0 Å². The minimum Gasteiger partial charge on any atom is -0.464 e. The van der Waals surface area contributed by atoms with Crippen molar-refractivity contribution in [3.8, 4) is 0 Å². The molecule has 1 N–H and O–H groups in total. The van der Waals surface area contributed by atoms with Gasteiger partial charge >= 0.3 is 5.97 Å². The Hall–Kier alpha value is -1.03. The predicted molar refractivity (Wildman–Crippen MR) is 89.4 cm³/mol. The maximum absolute atomic E-state index is 12.5. The van der Waals surface area contributed by atoms with Gasteiger partial charge in [0.15, 0.2) is 0 Å². The van der Waals surface area contributed by atoms with Crippen molar-refractivity contribution in [3.05, 3.63) is 28.7 Å². The zero-order valence-corrected chi connectivity index (χ0v) is 14.6. The van der Waals surface area contributed by atoms with Crippen LogP contribution < -0.4 is 5.32 Å². The van der Waals surface area contributed by atoms with Gasteiger partial charge in [-0.25, -0.2) is 4.79 Å². The molecule has 0 heterocycles. The van der Waals surface area contributed by atoms with Crippen molar-refractivity contribution in [3.63, 3.8) is 0 Å². The van der Waals surface area contributed by atoms with E-state index in [0.717, 1.165) is 35.8 Å². The van der Waals surface area contributed by atoms with Crippen molar-refractivity contribution in [2.24, 2.45) is 5.41 Å². The highest BCUT2D eigenvalue weighted by atomic mass is 79.9. The first-order valence-corrected chi connectivity index (χ1v) is 8.38. The second kappa shape index (κ2) is 6.39. The first kappa shape index (κ1) is 16.3. The molecular formula is C17H24BrNO2.